The summed E-state index contributed by atoms with van der Waals surface area (Å²) >= 11 is 6.49. The van der Waals surface area contributed by atoms with Gasteiger partial charge in [-0.3, -0.25) is 4.79 Å². The van der Waals surface area contributed by atoms with Gasteiger partial charge in [-0.15, -0.1) is 0 Å². The Hall–Kier alpha value is -2.05. The summed E-state index contributed by atoms with van der Waals surface area (Å²) in [6.45, 7) is 4.71. The lowest BCUT2D eigenvalue weighted by Gasteiger charge is -2.45. The predicted octanol–water partition coefficient (Wildman–Crippen LogP) is 5.06. The molecule has 2 atom stereocenters. The SMILES string of the molecule is CC1CCc2ccccc2N1[C@H]1CC[C@@H](n2ncc(NC[C@H]3CCCOC3)c(Cl)c2=O)CC1. The van der Waals surface area contributed by atoms with E-state index in [1.165, 1.54) is 17.7 Å². The summed E-state index contributed by atoms with van der Waals surface area (Å²) in [5, 5.41) is 8.10. The second kappa shape index (κ2) is 10.1. The Morgan fingerprint density at radius 2 is 1.91 bits per heavy atom. The number of aromatic nitrogens is 2. The summed E-state index contributed by atoms with van der Waals surface area (Å²) in [6, 6.07) is 10.0. The standard InChI is InChI=1S/C26H35ClN4O2/c1-18-8-9-20-6-2-3-7-24(20)30(18)21-10-12-22(13-11-21)31-26(32)25(27)23(16-29-31)28-15-19-5-4-14-33-17-19/h2-3,6-7,16,18-19,21-22,28H,4-5,8-15,17H2,1H3/t18?,19-,21-,22+/m1/s1. The highest BCUT2D eigenvalue weighted by Gasteiger charge is 2.33. The lowest BCUT2D eigenvalue weighted by molar-refractivity contribution is 0.0595. The van der Waals surface area contributed by atoms with Crippen molar-refractivity contribution in [2.24, 2.45) is 5.92 Å². The molecule has 2 fully saturated rings. The second-order valence-electron chi connectivity index (χ2n) is 9.97. The van der Waals surface area contributed by atoms with Gasteiger partial charge in [0.05, 0.1) is 24.5 Å². The van der Waals surface area contributed by atoms with E-state index < -0.39 is 0 Å². The number of hydrogen-bond donors (Lipinski definition) is 1. The van der Waals surface area contributed by atoms with Gasteiger partial charge in [0.2, 0.25) is 0 Å². The summed E-state index contributed by atoms with van der Waals surface area (Å²) in [5.74, 6) is 0.454. The van der Waals surface area contributed by atoms with Crippen LogP contribution in [0.3, 0.4) is 0 Å². The monoisotopic (exact) mass is 470 g/mol. The highest BCUT2D eigenvalue weighted by atomic mass is 35.5. The number of nitrogens with zero attached hydrogens (tertiary/aromatic N) is 3. The van der Waals surface area contributed by atoms with E-state index in [1.54, 1.807) is 10.9 Å². The first-order valence-electron chi connectivity index (χ1n) is 12.6. The molecule has 2 aromatic rings. The summed E-state index contributed by atoms with van der Waals surface area (Å²) < 4.78 is 7.17. The minimum Gasteiger partial charge on any atom is -0.382 e. The lowest BCUT2D eigenvalue weighted by Crippen LogP contribution is -2.47. The maximum absolute atomic E-state index is 13.0. The minimum absolute atomic E-state index is 0.113. The van der Waals surface area contributed by atoms with E-state index in [2.05, 4.69) is 46.5 Å². The van der Waals surface area contributed by atoms with Crippen LogP contribution in [-0.2, 0) is 11.2 Å². The minimum atomic E-state index is -0.179. The van der Waals surface area contributed by atoms with Gasteiger partial charge in [-0.25, -0.2) is 4.68 Å². The van der Waals surface area contributed by atoms with E-state index in [0.717, 1.165) is 64.7 Å². The van der Waals surface area contributed by atoms with Gasteiger partial charge in [-0.2, -0.15) is 5.10 Å². The van der Waals surface area contributed by atoms with Crippen LogP contribution in [0, 0.1) is 5.92 Å². The molecule has 1 saturated carbocycles. The molecule has 1 N–H and O–H groups in total. The smallest absolute Gasteiger partial charge is 0.287 e. The molecular weight excluding hydrogens is 436 g/mol. The van der Waals surface area contributed by atoms with Gasteiger partial charge < -0.3 is 15.0 Å². The van der Waals surface area contributed by atoms with Gasteiger partial charge in [-0.1, -0.05) is 29.8 Å². The van der Waals surface area contributed by atoms with Crippen LogP contribution in [0.15, 0.2) is 35.3 Å². The molecule has 3 heterocycles. The van der Waals surface area contributed by atoms with Gasteiger partial charge in [0.25, 0.3) is 5.56 Å². The van der Waals surface area contributed by atoms with E-state index in [-0.39, 0.29) is 16.6 Å². The Bertz CT molecular complexity index is 1010. The number of anilines is 2. The fourth-order valence-electron chi connectivity index (χ4n) is 5.90. The zero-order valence-electron chi connectivity index (χ0n) is 19.5. The van der Waals surface area contributed by atoms with Crippen LogP contribution in [0.5, 0.6) is 0 Å². The topological polar surface area (TPSA) is 59.4 Å². The van der Waals surface area contributed by atoms with E-state index in [4.69, 9.17) is 16.3 Å². The van der Waals surface area contributed by atoms with Crippen LogP contribution in [0.4, 0.5) is 11.4 Å². The number of rotatable bonds is 5. The Morgan fingerprint density at radius 3 is 2.70 bits per heavy atom. The van der Waals surface area contributed by atoms with Gasteiger partial charge in [0.15, 0.2) is 0 Å². The zero-order valence-corrected chi connectivity index (χ0v) is 20.3. The first-order chi connectivity index (χ1) is 16.1. The molecule has 0 radical (unpaired) electrons. The lowest BCUT2D eigenvalue weighted by atomic mass is 9.86. The van der Waals surface area contributed by atoms with Gasteiger partial charge in [-0.05, 0) is 75.8 Å². The van der Waals surface area contributed by atoms with Crippen LogP contribution in [0.2, 0.25) is 5.02 Å². The fraction of sp³-hybridized carbons (Fsp3) is 0.615. The Balaban J connectivity index is 1.24. The summed E-state index contributed by atoms with van der Waals surface area (Å²) in [5.41, 5.74) is 3.32. The van der Waals surface area contributed by atoms with Crippen LogP contribution in [0.1, 0.15) is 63.5 Å². The number of nitrogens with one attached hydrogen (secondary N) is 1. The predicted molar refractivity (Wildman–Crippen MR) is 134 cm³/mol. The van der Waals surface area contributed by atoms with Crippen LogP contribution in [-0.4, -0.2) is 41.6 Å². The molecular formula is C26H35ClN4O2. The molecule has 0 bridgehead atoms. The maximum Gasteiger partial charge on any atom is 0.287 e. The number of fused-ring (bicyclic) bond motifs is 1. The molecule has 178 valence electrons. The first kappa shape index (κ1) is 22.7. The number of ether oxygens (including phenoxy) is 1. The number of aryl methyl sites for hydroxylation is 1. The molecule has 3 aliphatic rings. The second-order valence-corrected chi connectivity index (χ2v) is 10.4. The van der Waals surface area contributed by atoms with Crippen molar-refractivity contribution < 1.29 is 4.74 Å². The maximum atomic E-state index is 13.0. The molecule has 0 spiro atoms. The van der Waals surface area contributed by atoms with E-state index in [1.807, 2.05) is 0 Å². The van der Waals surface area contributed by atoms with Gasteiger partial charge in [0, 0.05) is 30.9 Å². The molecule has 5 rings (SSSR count). The highest BCUT2D eigenvalue weighted by Crippen LogP contribution is 2.38. The highest BCUT2D eigenvalue weighted by molar-refractivity contribution is 6.32. The third-order valence-corrected chi connectivity index (χ3v) is 8.13. The van der Waals surface area contributed by atoms with Crippen molar-refractivity contribution in [2.45, 2.75) is 76.4 Å². The van der Waals surface area contributed by atoms with Crippen LogP contribution >= 0.6 is 11.6 Å². The molecule has 1 aliphatic carbocycles. The summed E-state index contributed by atoms with van der Waals surface area (Å²) in [6.07, 6.45) is 10.3. The average Bonchev–Trinajstić information content (AvgIpc) is 2.86. The summed E-state index contributed by atoms with van der Waals surface area (Å²) in [7, 11) is 0. The number of hydrogen-bond acceptors (Lipinski definition) is 5. The molecule has 7 heteroatoms. The zero-order chi connectivity index (χ0) is 22.8. The molecule has 1 saturated heterocycles. The Morgan fingerprint density at radius 1 is 1.12 bits per heavy atom. The molecule has 2 aliphatic heterocycles. The number of halogens is 1. The third kappa shape index (κ3) is 4.78. The van der Waals surface area contributed by atoms with Crippen molar-refractivity contribution in [3.8, 4) is 0 Å². The van der Waals surface area contributed by atoms with Crippen molar-refractivity contribution in [1.82, 2.24) is 9.78 Å². The first-order valence-corrected chi connectivity index (χ1v) is 12.9. The molecule has 0 amide bonds. The van der Waals surface area contributed by atoms with Crippen LogP contribution < -0.4 is 15.8 Å². The largest absolute Gasteiger partial charge is 0.382 e. The summed E-state index contributed by atoms with van der Waals surface area (Å²) in [4.78, 5) is 15.7. The van der Waals surface area contributed by atoms with Crippen molar-refractivity contribution in [3.05, 3.63) is 51.4 Å². The van der Waals surface area contributed by atoms with E-state index >= 15 is 0 Å². The van der Waals surface area contributed by atoms with Crippen LogP contribution in [0.25, 0.3) is 0 Å². The normalized spacial score (nSPS) is 27.8. The molecule has 1 unspecified atom stereocenters. The molecule has 6 nitrogen and oxygen atoms in total. The number of benzene rings is 1. The van der Waals surface area contributed by atoms with Gasteiger partial charge in [0.1, 0.15) is 5.02 Å². The molecule has 1 aromatic carbocycles. The van der Waals surface area contributed by atoms with E-state index in [9.17, 15) is 4.79 Å². The molecule has 33 heavy (non-hydrogen) atoms. The van der Waals surface area contributed by atoms with Crippen molar-refractivity contribution >= 4 is 23.0 Å². The quantitative estimate of drug-likeness (QED) is 0.661. The molecule has 1 aromatic heterocycles. The fourth-order valence-corrected chi connectivity index (χ4v) is 6.11. The Labute approximate surface area is 201 Å². The number of para-hydroxylation sites is 1. The average molecular weight is 471 g/mol. The van der Waals surface area contributed by atoms with Crippen molar-refractivity contribution in [2.75, 3.05) is 30.0 Å². The third-order valence-electron chi connectivity index (χ3n) is 7.76. The van der Waals surface area contributed by atoms with Crippen molar-refractivity contribution in [3.63, 3.8) is 0 Å². The Kier molecular flexibility index (Phi) is 6.93. The van der Waals surface area contributed by atoms with E-state index in [0.29, 0.717) is 23.7 Å². The van der Waals surface area contributed by atoms with Gasteiger partial charge >= 0.3 is 0 Å². The van der Waals surface area contributed by atoms with Crippen molar-refractivity contribution in [1.29, 1.82) is 0 Å².